The normalized spacial score (nSPS) is 11.6. The number of aromatic nitrogens is 3. The number of hydrogen-bond acceptors (Lipinski definition) is 1. The van der Waals surface area contributed by atoms with Gasteiger partial charge in [-0.25, -0.2) is 4.85 Å². The van der Waals surface area contributed by atoms with Gasteiger partial charge in [0.05, 0.1) is 57.0 Å². The summed E-state index contributed by atoms with van der Waals surface area (Å²) >= 11 is 0. The first-order valence-electron chi connectivity index (χ1n) is 18.3. The fraction of sp³-hybridized carbons (Fsp3) is 0. The van der Waals surface area contributed by atoms with E-state index in [1.54, 1.807) is 0 Å². The summed E-state index contributed by atoms with van der Waals surface area (Å²) in [5, 5.41) is 17.5. The van der Waals surface area contributed by atoms with Gasteiger partial charge in [0.15, 0.2) is 5.69 Å². The fourth-order valence-electron chi connectivity index (χ4n) is 8.77. The molecule has 11 rings (SSSR count). The number of nitriles is 1. The lowest BCUT2D eigenvalue weighted by atomic mass is 9.99. The van der Waals surface area contributed by atoms with Crippen molar-refractivity contribution in [3.05, 3.63) is 193 Å². The van der Waals surface area contributed by atoms with Crippen molar-refractivity contribution >= 4 is 71.1 Å². The average Bonchev–Trinajstić information content (AvgIpc) is 3.89. The quantitative estimate of drug-likeness (QED) is 0.169. The molecular formula is C50H29N5. The highest BCUT2D eigenvalue weighted by molar-refractivity contribution is 6.15. The van der Waals surface area contributed by atoms with Crippen LogP contribution in [0.5, 0.6) is 0 Å². The third kappa shape index (κ3) is 4.45. The predicted octanol–water partition coefficient (Wildman–Crippen LogP) is 13.1. The van der Waals surface area contributed by atoms with E-state index in [1.807, 2.05) is 36.4 Å². The minimum Gasteiger partial charge on any atom is -0.309 e. The number of rotatable bonds is 4. The smallest absolute Gasteiger partial charge is 0.188 e. The second-order valence-electron chi connectivity index (χ2n) is 14.0. The Kier molecular flexibility index (Phi) is 6.61. The maximum absolute atomic E-state index is 10.6. The van der Waals surface area contributed by atoms with Crippen LogP contribution in [-0.4, -0.2) is 13.7 Å². The Morgan fingerprint density at radius 1 is 0.436 bits per heavy atom. The molecule has 0 spiro atoms. The first kappa shape index (κ1) is 30.7. The summed E-state index contributed by atoms with van der Waals surface area (Å²) in [5.41, 5.74) is 12.6. The Labute approximate surface area is 316 Å². The van der Waals surface area contributed by atoms with Gasteiger partial charge in [0, 0.05) is 38.3 Å². The molecule has 254 valence electrons. The van der Waals surface area contributed by atoms with E-state index in [2.05, 4.69) is 164 Å². The molecule has 55 heavy (non-hydrogen) atoms. The van der Waals surface area contributed by atoms with Crippen molar-refractivity contribution in [2.24, 2.45) is 0 Å². The van der Waals surface area contributed by atoms with Gasteiger partial charge in [-0.05, 0) is 83.2 Å². The third-order valence-corrected chi connectivity index (χ3v) is 11.1. The highest BCUT2D eigenvalue weighted by Gasteiger charge is 2.21. The summed E-state index contributed by atoms with van der Waals surface area (Å²) in [5.74, 6) is 0. The van der Waals surface area contributed by atoms with Gasteiger partial charge in [0.1, 0.15) is 0 Å². The van der Waals surface area contributed by atoms with E-state index in [4.69, 9.17) is 6.57 Å². The molecule has 0 unspecified atom stereocenters. The molecule has 0 saturated heterocycles. The highest BCUT2D eigenvalue weighted by atomic mass is 15.1. The van der Waals surface area contributed by atoms with Crippen molar-refractivity contribution < 1.29 is 0 Å². The zero-order chi connectivity index (χ0) is 36.6. The minimum absolute atomic E-state index is 0.589. The van der Waals surface area contributed by atoms with Gasteiger partial charge in [-0.3, -0.25) is 0 Å². The average molecular weight is 700 g/mol. The molecule has 0 amide bonds. The van der Waals surface area contributed by atoms with E-state index >= 15 is 0 Å². The van der Waals surface area contributed by atoms with E-state index in [0.29, 0.717) is 11.3 Å². The van der Waals surface area contributed by atoms with Crippen LogP contribution in [0.4, 0.5) is 5.69 Å². The van der Waals surface area contributed by atoms with Crippen molar-refractivity contribution in [3.8, 4) is 34.3 Å². The zero-order valence-electron chi connectivity index (χ0n) is 29.5. The molecule has 5 heteroatoms. The fourth-order valence-corrected chi connectivity index (χ4v) is 8.77. The first-order valence-corrected chi connectivity index (χ1v) is 18.3. The first-order chi connectivity index (χ1) is 27.2. The summed E-state index contributed by atoms with van der Waals surface area (Å²) < 4.78 is 6.96. The second-order valence-corrected chi connectivity index (χ2v) is 14.0. The molecule has 11 aromatic rings. The van der Waals surface area contributed by atoms with Crippen LogP contribution < -0.4 is 0 Å². The van der Waals surface area contributed by atoms with Crippen molar-refractivity contribution in [1.29, 1.82) is 5.26 Å². The predicted molar refractivity (Wildman–Crippen MR) is 226 cm³/mol. The molecular weight excluding hydrogens is 671 g/mol. The molecule has 0 aliphatic heterocycles. The van der Waals surface area contributed by atoms with Crippen LogP contribution in [0.2, 0.25) is 0 Å². The van der Waals surface area contributed by atoms with Crippen LogP contribution in [0.3, 0.4) is 0 Å². The molecule has 0 N–H and O–H groups in total. The van der Waals surface area contributed by atoms with E-state index in [0.717, 1.165) is 72.1 Å². The van der Waals surface area contributed by atoms with Gasteiger partial charge < -0.3 is 13.7 Å². The zero-order valence-corrected chi connectivity index (χ0v) is 29.5. The monoisotopic (exact) mass is 699 g/mol. The van der Waals surface area contributed by atoms with Gasteiger partial charge in [-0.1, -0.05) is 109 Å². The molecule has 5 nitrogen and oxygen atoms in total. The van der Waals surface area contributed by atoms with Crippen molar-refractivity contribution in [3.63, 3.8) is 0 Å². The Bertz CT molecular complexity index is 3420. The molecule has 0 saturated carbocycles. The topological polar surface area (TPSA) is 42.9 Å². The molecule has 3 aromatic heterocycles. The van der Waals surface area contributed by atoms with E-state index in [9.17, 15) is 5.26 Å². The Morgan fingerprint density at radius 3 is 1.65 bits per heavy atom. The summed E-state index contributed by atoms with van der Waals surface area (Å²) in [6, 6.07) is 63.8. The molecule has 0 fully saturated rings. The van der Waals surface area contributed by atoms with E-state index in [1.165, 1.54) is 21.5 Å². The van der Waals surface area contributed by atoms with Crippen LogP contribution in [0.1, 0.15) is 5.56 Å². The standard InChI is InChI=1S/C50H29N5/c1-52-34-24-27-48-43(30-34)41-17-5-6-19-44(41)53(48)36-25-26-37(33(29-36)31-51)32-12-10-13-35(28-32)54-45-20-7-4-16-40(45)42-18-11-23-49(50(42)54)55-46-21-8-2-14-38(46)39-15-3-9-22-47(39)55/h2-30H. The van der Waals surface area contributed by atoms with Crippen LogP contribution in [0, 0.1) is 17.9 Å². The van der Waals surface area contributed by atoms with Crippen molar-refractivity contribution in [1.82, 2.24) is 13.7 Å². The van der Waals surface area contributed by atoms with E-state index in [-0.39, 0.29) is 0 Å². The number of benzene rings is 8. The van der Waals surface area contributed by atoms with Gasteiger partial charge in [0.2, 0.25) is 0 Å². The highest BCUT2D eigenvalue weighted by Crippen LogP contribution is 2.41. The number of hydrogen-bond donors (Lipinski definition) is 0. The van der Waals surface area contributed by atoms with Gasteiger partial charge in [-0.2, -0.15) is 5.26 Å². The molecule has 0 atom stereocenters. The summed E-state index contributed by atoms with van der Waals surface area (Å²) in [7, 11) is 0. The van der Waals surface area contributed by atoms with Crippen molar-refractivity contribution in [2.45, 2.75) is 0 Å². The van der Waals surface area contributed by atoms with Gasteiger partial charge in [0.25, 0.3) is 0 Å². The van der Waals surface area contributed by atoms with Crippen molar-refractivity contribution in [2.75, 3.05) is 0 Å². The third-order valence-electron chi connectivity index (χ3n) is 11.1. The Balaban J connectivity index is 1.12. The minimum atomic E-state index is 0.589. The molecule has 8 aromatic carbocycles. The SMILES string of the molecule is [C-]#[N+]c1ccc2c(c1)c1ccccc1n2-c1ccc(-c2cccc(-n3c4ccccc4c4cccc(-n5c6ccccc6c6ccccc65)c43)c2)c(C#N)c1. The molecule has 0 aliphatic rings. The number of fused-ring (bicyclic) bond motifs is 9. The number of nitrogens with zero attached hydrogens (tertiary/aromatic N) is 5. The van der Waals surface area contributed by atoms with Gasteiger partial charge in [-0.15, -0.1) is 0 Å². The second kappa shape index (κ2) is 11.8. The maximum Gasteiger partial charge on any atom is 0.188 e. The summed E-state index contributed by atoms with van der Waals surface area (Å²) in [4.78, 5) is 3.68. The molecule has 0 aliphatic carbocycles. The lowest BCUT2D eigenvalue weighted by Crippen LogP contribution is -2.01. The van der Waals surface area contributed by atoms with Crippen LogP contribution in [0.15, 0.2) is 176 Å². The van der Waals surface area contributed by atoms with Crippen LogP contribution >= 0.6 is 0 Å². The number of para-hydroxylation sites is 5. The molecule has 0 bridgehead atoms. The van der Waals surface area contributed by atoms with Crippen LogP contribution in [-0.2, 0) is 0 Å². The molecule has 0 radical (unpaired) electrons. The lowest BCUT2D eigenvalue weighted by Gasteiger charge is -2.16. The summed E-state index contributed by atoms with van der Waals surface area (Å²) in [6.07, 6.45) is 0. The maximum atomic E-state index is 10.6. The van der Waals surface area contributed by atoms with E-state index < -0.39 is 0 Å². The molecule has 3 heterocycles. The Morgan fingerprint density at radius 2 is 0.982 bits per heavy atom. The van der Waals surface area contributed by atoms with Gasteiger partial charge >= 0.3 is 0 Å². The Hall–Kier alpha value is -7.86. The summed E-state index contributed by atoms with van der Waals surface area (Å²) in [6.45, 7) is 7.58. The largest absolute Gasteiger partial charge is 0.309 e. The lowest BCUT2D eigenvalue weighted by molar-refractivity contribution is 1.13. The van der Waals surface area contributed by atoms with Crippen LogP contribution in [0.25, 0.3) is 98.5 Å².